The highest BCUT2D eigenvalue weighted by Gasteiger charge is 2.31. The van der Waals surface area contributed by atoms with Crippen LogP contribution in [-0.2, 0) is 4.79 Å². The van der Waals surface area contributed by atoms with Crippen LogP contribution in [0.25, 0.3) is 0 Å². The molecule has 104 valence electrons. The van der Waals surface area contributed by atoms with E-state index >= 15 is 0 Å². The van der Waals surface area contributed by atoms with Gasteiger partial charge in [0.25, 0.3) is 0 Å². The quantitative estimate of drug-likeness (QED) is 0.890. The number of hydrogen-bond acceptors (Lipinski definition) is 4. The summed E-state index contributed by atoms with van der Waals surface area (Å²) in [6.07, 6.45) is 3.84. The van der Waals surface area contributed by atoms with E-state index in [0.717, 1.165) is 19.5 Å². The SMILES string of the molecule is O=C1CNC(c2ccsc2)N1CCCN1CCCC1. The molecule has 1 atom stereocenters. The summed E-state index contributed by atoms with van der Waals surface area (Å²) in [6.45, 7) is 4.94. The van der Waals surface area contributed by atoms with Crippen molar-refractivity contribution in [1.82, 2.24) is 15.1 Å². The molecule has 5 heteroatoms. The van der Waals surface area contributed by atoms with Crippen LogP contribution in [0.1, 0.15) is 31.0 Å². The molecule has 2 aliphatic heterocycles. The zero-order chi connectivity index (χ0) is 13.1. The van der Waals surface area contributed by atoms with Crippen molar-refractivity contribution in [2.45, 2.75) is 25.4 Å². The zero-order valence-electron chi connectivity index (χ0n) is 11.2. The molecule has 0 bridgehead atoms. The molecule has 0 aromatic carbocycles. The van der Waals surface area contributed by atoms with Crippen LogP contribution in [0.5, 0.6) is 0 Å². The lowest BCUT2D eigenvalue weighted by Gasteiger charge is -2.25. The average Bonchev–Trinajstić information content (AvgIpc) is 3.12. The van der Waals surface area contributed by atoms with Gasteiger partial charge in [-0.1, -0.05) is 0 Å². The fourth-order valence-electron chi connectivity index (χ4n) is 2.99. The molecule has 1 aromatic heterocycles. The van der Waals surface area contributed by atoms with Crippen LogP contribution >= 0.6 is 11.3 Å². The standard InChI is InChI=1S/C14H21N3OS/c18-13-10-15-14(12-4-9-19-11-12)17(13)8-3-7-16-5-1-2-6-16/h4,9,11,14-15H,1-3,5-8,10H2. The van der Waals surface area contributed by atoms with Crippen LogP contribution in [0.3, 0.4) is 0 Å². The van der Waals surface area contributed by atoms with E-state index in [4.69, 9.17) is 0 Å². The van der Waals surface area contributed by atoms with Crippen LogP contribution in [-0.4, -0.2) is 48.4 Å². The van der Waals surface area contributed by atoms with Gasteiger partial charge in [0.15, 0.2) is 0 Å². The van der Waals surface area contributed by atoms with E-state index in [0.29, 0.717) is 6.54 Å². The van der Waals surface area contributed by atoms with Crippen LogP contribution in [0.2, 0.25) is 0 Å². The van der Waals surface area contributed by atoms with Gasteiger partial charge in [0.1, 0.15) is 6.17 Å². The second-order valence-electron chi connectivity index (χ2n) is 5.33. The Morgan fingerprint density at radius 3 is 2.89 bits per heavy atom. The Hall–Kier alpha value is -0.910. The molecule has 0 radical (unpaired) electrons. The Kier molecular flexibility index (Phi) is 4.15. The summed E-state index contributed by atoms with van der Waals surface area (Å²) >= 11 is 1.69. The summed E-state index contributed by atoms with van der Waals surface area (Å²) in [4.78, 5) is 16.5. The summed E-state index contributed by atoms with van der Waals surface area (Å²) in [5, 5.41) is 7.51. The third-order valence-electron chi connectivity index (χ3n) is 4.01. The Labute approximate surface area is 118 Å². The molecule has 2 aliphatic rings. The molecular formula is C14H21N3OS. The van der Waals surface area contributed by atoms with Crippen molar-refractivity contribution in [3.05, 3.63) is 22.4 Å². The molecule has 1 N–H and O–H groups in total. The highest BCUT2D eigenvalue weighted by atomic mass is 32.1. The number of rotatable bonds is 5. The first kappa shape index (κ1) is 13.1. The first-order valence-corrected chi connectivity index (χ1v) is 8.06. The van der Waals surface area contributed by atoms with Crippen molar-refractivity contribution in [1.29, 1.82) is 0 Å². The maximum atomic E-state index is 12.0. The van der Waals surface area contributed by atoms with Crippen LogP contribution in [0, 0.1) is 0 Å². The topological polar surface area (TPSA) is 35.6 Å². The van der Waals surface area contributed by atoms with Gasteiger partial charge in [-0.2, -0.15) is 11.3 Å². The third kappa shape index (κ3) is 2.99. The minimum Gasteiger partial charge on any atom is -0.322 e. The molecular weight excluding hydrogens is 258 g/mol. The summed E-state index contributed by atoms with van der Waals surface area (Å²) in [7, 11) is 0. The van der Waals surface area contributed by atoms with Gasteiger partial charge in [0.05, 0.1) is 6.54 Å². The molecule has 2 fully saturated rings. The Balaban J connectivity index is 1.53. The predicted octanol–water partition coefficient (Wildman–Crippen LogP) is 1.66. The highest BCUT2D eigenvalue weighted by Crippen LogP contribution is 2.24. The first-order chi connectivity index (χ1) is 9.34. The Morgan fingerprint density at radius 1 is 1.32 bits per heavy atom. The normalized spacial score (nSPS) is 24.5. The Morgan fingerprint density at radius 2 is 2.16 bits per heavy atom. The van der Waals surface area contributed by atoms with E-state index in [1.807, 2.05) is 4.90 Å². The van der Waals surface area contributed by atoms with E-state index < -0.39 is 0 Å². The lowest BCUT2D eigenvalue weighted by molar-refractivity contribution is -0.128. The number of carbonyl (C=O) groups is 1. The smallest absolute Gasteiger partial charge is 0.238 e. The van der Waals surface area contributed by atoms with Crippen molar-refractivity contribution >= 4 is 17.2 Å². The lowest BCUT2D eigenvalue weighted by Crippen LogP contribution is -2.33. The zero-order valence-corrected chi connectivity index (χ0v) is 12.0. The van der Waals surface area contributed by atoms with Crippen molar-refractivity contribution in [3.63, 3.8) is 0 Å². The van der Waals surface area contributed by atoms with Gasteiger partial charge in [0.2, 0.25) is 5.91 Å². The molecule has 19 heavy (non-hydrogen) atoms. The van der Waals surface area contributed by atoms with Gasteiger partial charge in [-0.15, -0.1) is 0 Å². The van der Waals surface area contributed by atoms with Crippen LogP contribution in [0.15, 0.2) is 16.8 Å². The van der Waals surface area contributed by atoms with E-state index in [-0.39, 0.29) is 12.1 Å². The summed E-state index contributed by atoms with van der Waals surface area (Å²) in [6, 6.07) is 2.11. The van der Waals surface area contributed by atoms with Crippen LogP contribution < -0.4 is 5.32 Å². The number of carbonyl (C=O) groups excluding carboxylic acids is 1. The van der Waals surface area contributed by atoms with Crippen molar-refractivity contribution in [2.75, 3.05) is 32.7 Å². The molecule has 3 heterocycles. The van der Waals surface area contributed by atoms with Gasteiger partial charge in [-0.25, -0.2) is 0 Å². The summed E-state index contributed by atoms with van der Waals surface area (Å²) in [5.74, 6) is 0.234. The molecule has 0 aliphatic carbocycles. The molecule has 3 rings (SSSR count). The summed E-state index contributed by atoms with van der Waals surface area (Å²) < 4.78 is 0. The van der Waals surface area contributed by atoms with Gasteiger partial charge < -0.3 is 9.80 Å². The molecule has 1 amide bonds. The van der Waals surface area contributed by atoms with Crippen molar-refractivity contribution < 1.29 is 4.79 Å². The summed E-state index contributed by atoms with van der Waals surface area (Å²) in [5.41, 5.74) is 1.22. The van der Waals surface area contributed by atoms with E-state index in [2.05, 4.69) is 27.0 Å². The Bertz CT molecular complexity index is 414. The fourth-order valence-corrected chi connectivity index (χ4v) is 3.67. The minimum absolute atomic E-state index is 0.0947. The number of likely N-dealkylation sites (tertiary alicyclic amines) is 1. The maximum Gasteiger partial charge on any atom is 0.238 e. The van der Waals surface area contributed by atoms with E-state index in [1.165, 1.54) is 31.5 Å². The maximum absolute atomic E-state index is 12.0. The largest absolute Gasteiger partial charge is 0.322 e. The first-order valence-electron chi connectivity index (χ1n) is 7.12. The van der Waals surface area contributed by atoms with Gasteiger partial charge in [-0.05, 0) is 61.3 Å². The molecule has 4 nitrogen and oxygen atoms in total. The molecule has 2 saturated heterocycles. The van der Waals surface area contributed by atoms with Gasteiger partial charge in [-0.3, -0.25) is 10.1 Å². The second kappa shape index (κ2) is 6.03. The number of nitrogens with zero attached hydrogens (tertiary/aromatic N) is 2. The minimum atomic E-state index is 0.0947. The number of nitrogens with one attached hydrogen (secondary N) is 1. The second-order valence-corrected chi connectivity index (χ2v) is 6.11. The van der Waals surface area contributed by atoms with Crippen LogP contribution in [0.4, 0.5) is 0 Å². The number of amides is 1. The number of hydrogen-bond donors (Lipinski definition) is 1. The van der Waals surface area contributed by atoms with Gasteiger partial charge in [0, 0.05) is 6.54 Å². The fraction of sp³-hybridized carbons (Fsp3) is 0.643. The lowest BCUT2D eigenvalue weighted by atomic mass is 10.2. The average molecular weight is 279 g/mol. The molecule has 1 aromatic rings. The number of thiophene rings is 1. The molecule has 0 spiro atoms. The molecule has 1 unspecified atom stereocenters. The predicted molar refractivity (Wildman–Crippen MR) is 77.1 cm³/mol. The van der Waals surface area contributed by atoms with Crippen molar-refractivity contribution in [3.8, 4) is 0 Å². The van der Waals surface area contributed by atoms with Crippen molar-refractivity contribution in [2.24, 2.45) is 0 Å². The van der Waals surface area contributed by atoms with Gasteiger partial charge >= 0.3 is 0 Å². The highest BCUT2D eigenvalue weighted by molar-refractivity contribution is 7.07. The third-order valence-corrected chi connectivity index (χ3v) is 4.71. The molecule has 0 saturated carbocycles. The van der Waals surface area contributed by atoms with E-state index in [1.54, 1.807) is 11.3 Å². The monoisotopic (exact) mass is 279 g/mol. The van der Waals surface area contributed by atoms with E-state index in [9.17, 15) is 4.79 Å².